The van der Waals surface area contributed by atoms with Crippen molar-refractivity contribution in [3.63, 3.8) is 0 Å². The molecule has 1 aromatic heterocycles. The Morgan fingerprint density at radius 2 is 1.76 bits per heavy atom. The predicted octanol–water partition coefficient (Wildman–Crippen LogP) is 4.19. The second-order valence-electron chi connectivity index (χ2n) is 6.70. The lowest BCUT2D eigenvalue weighted by Crippen LogP contribution is -2.21. The van der Waals surface area contributed by atoms with Gasteiger partial charge < -0.3 is 5.32 Å². The average molecular weight is 282 g/mol. The maximum atomic E-state index is 4.54. The first-order chi connectivity index (χ1) is 9.91. The van der Waals surface area contributed by atoms with Crippen molar-refractivity contribution in [2.24, 2.45) is 0 Å². The summed E-state index contributed by atoms with van der Waals surface area (Å²) in [5.74, 6) is 0. The Bertz CT molecular complexity index is 579. The number of aryl methyl sites for hydroxylation is 1. The molecule has 0 aliphatic heterocycles. The molecule has 0 aliphatic carbocycles. The van der Waals surface area contributed by atoms with E-state index in [2.05, 4.69) is 68.3 Å². The highest BCUT2D eigenvalue weighted by molar-refractivity contribution is 5.29. The van der Waals surface area contributed by atoms with Crippen LogP contribution in [0.5, 0.6) is 0 Å². The zero-order valence-corrected chi connectivity index (χ0v) is 13.8. The summed E-state index contributed by atoms with van der Waals surface area (Å²) in [6, 6.07) is 13.3. The molecule has 112 valence electrons. The Morgan fingerprint density at radius 1 is 1.10 bits per heavy atom. The highest BCUT2D eigenvalue weighted by atomic mass is 14.9. The van der Waals surface area contributed by atoms with Gasteiger partial charge in [-0.25, -0.2) is 0 Å². The number of pyridine rings is 1. The normalized spacial score (nSPS) is 13.2. The lowest BCUT2D eigenvalue weighted by Gasteiger charge is -2.21. The molecule has 1 unspecified atom stereocenters. The van der Waals surface area contributed by atoms with Crippen molar-refractivity contribution in [3.8, 4) is 0 Å². The van der Waals surface area contributed by atoms with Crippen molar-refractivity contribution < 1.29 is 0 Å². The summed E-state index contributed by atoms with van der Waals surface area (Å²) < 4.78 is 0. The molecule has 0 saturated heterocycles. The molecule has 0 spiro atoms. The molecular weight excluding hydrogens is 256 g/mol. The minimum Gasteiger partial charge on any atom is -0.311 e. The van der Waals surface area contributed by atoms with Crippen molar-refractivity contribution in [2.45, 2.75) is 45.6 Å². The van der Waals surface area contributed by atoms with Crippen LogP contribution in [0.25, 0.3) is 0 Å². The van der Waals surface area contributed by atoms with E-state index in [9.17, 15) is 0 Å². The van der Waals surface area contributed by atoms with Gasteiger partial charge in [0, 0.05) is 6.20 Å². The minimum absolute atomic E-state index is 0.207. The lowest BCUT2D eigenvalue weighted by atomic mass is 9.86. The number of aromatic nitrogens is 1. The Hall–Kier alpha value is -1.67. The first kappa shape index (κ1) is 15.7. The summed E-state index contributed by atoms with van der Waals surface area (Å²) in [5.41, 5.74) is 5.30. The van der Waals surface area contributed by atoms with Crippen LogP contribution in [-0.4, -0.2) is 12.0 Å². The lowest BCUT2D eigenvalue weighted by molar-refractivity contribution is 0.570. The number of hydrogen-bond donors (Lipinski definition) is 1. The Labute approximate surface area is 128 Å². The van der Waals surface area contributed by atoms with Crippen molar-refractivity contribution in [1.82, 2.24) is 10.3 Å². The van der Waals surface area contributed by atoms with Crippen LogP contribution in [0.1, 0.15) is 49.2 Å². The zero-order valence-electron chi connectivity index (χ0n) is 13.8. The third kappa shape index (κ3) is 3.92. The van der Waals surface area contributed by atoms with E-state index in [-0.39, 0.29) is 11.5 Å². The van der Waals surface area contributed by atoms with Gasteiger partial charge in [0.2, 0.25) is 0 Å². The third-order valence-corrected chi connectivity index (χ3v) is 3.99. The number of benzene rings is 1. The fraction of sp³-hybridized carbons (Fsp3) is 0.421. The fourth-order valence-electron chi connectivity index (χ4n) is 2.57. The van der Waals surface area contributed by atoms with E-state index in [0.29, 0.717) is 0 Å². The topological polar surface area (TPSA) is 24.9 Å². The zero-order chi connectivity index (χ0) is 15.5. The number of nitrogens with zero attached hydrogens (tertiary/aromatic N) is 1. The number of hydrogen-bond acceptors (Lipinski definition) is 2. The van der Waals surface area contributed by atoms with Gasteiger partial charge in [0.05, 0.1) is 11.7 Å². The molecule has 2 aromatic rings. The molecule has 2 heteroatoms. The third-order valence-electron chi connectivity index (χ3n) is 3.99. The van der Waals surface area contributed by atoms with Crippen molar-refractivity contribution in [2.75, 3.05) is 7.05 Å². The molecule has 1 heterocycles. The van der Waals surface area contributed by atoms with Crippen LogP contribution in [-0.2, 0) is 11.8 Å². The summed E-state index contributed by atoms with van der Waals surface area (Å²) in [6.07, 6.45) is 2.83. The number of nitrogens with one attached hydrogen (secondary N) is 1. The van der Waals surface area contributed by atoms with Crippen LogP contribution < -0.4 is 5.32 Å². The van der Waals surface area contributed by atoms with E-state index in [0.717, 1.165) is 12.1 Å². The van der Waals surface area contributed by atoms with Gasteiger partial charge >= 0.3 is 0 Å². The van der Waals surface area contributed by atoms with Gasteiger partial charge in [-0.3, -0.25) is 4.98 Å². The summed E-state index contributed by atoms with van der Waals surface area (Å²) in [4.78, 5) is 4.54. The fourth-order valence-corrected chi connectivity index (χ4v) is 2.57. The molecule has 0 saturated carbocycles. The summed E-state index contributed by atoms with van der Waals surface area (Å²) in [7, 11) is 2.00. The van der Waals surface area contributed by atoms with E-state index >= 15 is 0 Å². The van der Waals surface area contributed by atoms with Crippen LogP contribution in [0.3, 0.4) is 0 Å². The summed E-state index contributed by atoms with van der Waals surface area (Å²) >= 11 is 0. The molecular formula is C19H26N2. The summed E-state index contributed by atoms with van der Waals surface area (Å²) in [5, 5.41) is 3.39. The number of rotatable bonds is 4. The van der Waals surface area contributed by atoms with Gasteiger partial charge in [0.25, 0.3) is 0 Å². The monoisotopic (exact) mass is 282 g/mol. The van der Waals surface area contributed by atoms with Crippen molar-refractivity contribution in [3.05, 3.63) is 65.0 Å². The van der Waals surface area contributed by atoms with Gasteiger partial charge in [-0.05, 0) is 48.6 Å². The smallest absolute Gasteiger partial charge is 0.0605 e. The second kappa shape index (κ2) is 6.40. The van der Waals surface area contributed by atoms with E-state index in [1.165, 1.54) is 16.7 Å². The maximum Gasteiger partial charge on any atom is 0.0605 e. The first-order valence-electron chi connectivity index (χ1n) is 7.60. The van der Waals surface area contributed by atoms with Gasteiger partial charge in [-0.2, -0.15) is 0 Å². The van der Waals surface area contributed by atoms with Crippen LogP contribution in [0.4, 0.5) is 0 Å². The second-order valence-corrected chi connectivity index (χ2v) is 6.70. The molecule has 1 aromatic carbocycles. The Morgan fingerprint density at radius 3 is 2.29 bits per heavy atom. The van der Waals surface area contributed by atoms with E-state index in [1.54, 1.807) is 0 Å². The van der Waals surface area contributed by atoms with E-state index in [1.807, 2.05) is 19.3 Å². The highest BCUT2D eigenvalue weighted by Crippen LogP contribution is 2.24. The molecule has 2 nitrogen and oxygen atoms in total. The maximum absolute atomic E-state index is 4.54. The standard InChI is InChI=1S/C19H26N2/c1-14-7-6-12-21-18(14)17(20-5)13-15-8-10-16(11-9-15)19(2,3)4/h6-12,17,20H,13H2,1-5H3. The Balaban J connectivity index is 2.18. The van der Waals surface area contributed by atoms with Gasteiger partial charge in [0.15, 0.2) is 0 Å². The molecule has 0 aliphatic rings. The van der Waals surface area contributed by atoms with E-state index < -0.39 is 0 Å². The van der Waals surface area contributed by atoms with Gasteiger partial charge in [-0.15, -0.1) is 0 Å². The van der Waals surface area contributed by atoms with Crippen molar-refractivity contribution in [1.29, 1.82) is 0 Å². The molecule has 21 heavy (non-hydrogen) atoms. The van der Waals surface area contributed by atoms with Crippen LogP contribution >= 0.6 is 0 Å². The molecule has 1 N–H and O–H groups in total. The Kier molecular flexibility index (Phi) is 4.79. The predicted molar refractivity (Wildman–Crippen MR) is 89.6 cm³/mol. The number of likely N-dealkylation sites (N-methyl/N-ethyl adjacent to an activating group) is 1. The molecule has 2 rings (SSSR count). The quantitative estimate of drug-likeness (QED) is 0.909. The molecule has 0 radical (unpaired) electrons. The molecule has 1 atom stereocenters. The summed E-state index contributed by atoms with van der Waals surface area (Å²) in [6.45, 7) is 8.86. The minimum atomic E-state index is 0.207. The van der Waals surface area contributed by atoms with Crippen LogP contribution in [0.15, 0.2) is 42.6 Å². The molecule has 0 bridgehead atoms. The molecule has 0 fully saturated rings. The highest BCUT2D eigenvalue weighted by Gasteiger charge is 2.16. The van der Waals surface area contributed by atoms with Gasteiger partial charge in [0.1, 0.15) is 0 Å². The largest absolute Gasteiger partial charge is 0.311 e. The van der Waals surface area contributed by atoms with E-state index in [4.69, 9.17) is 0 Å². The van der Waals surface area contributed by atoms with Crippen LogP contribution in [0.2, 0.25) is 0 Å². The SMILES string of the molecule is CNC(Cc1ccc(C(C)(C)C)cc1)c1ncccc1C. The van der Waals surface area contributed by atoms with Gasteiger partial charge in [-0.1, -0.05) is 51.1 Å². The van der Waals surface area contributed by atoms with Crippen molar-refractivity contribution >= 4 is 0 Å². The molecule has 0 amide bonds. The van der Waals surface area contributed by atoms with Crippen LogP contribution in [0, 0.1) is 6.92 Å². The first-order valence-corrected chi connectivity index (χ1v) is 7.60. The average Bonchev–Trinajstić information content (AvgIpc) is 2.45.